The van der Waals surface area contributed by atoms with E-state index in [1.807, 2.05) is 13.8 Å². The minimum absolute atomic E-state index is 0.0360. The molecule has 0 atom stereocenters. The molecule has 1 aliphatic carbocycles. The summed E-state index contributed by atoms with van der Waals surface area (Å²) < 4.78 is 32.7. The lowest BCUT2D eigenvalue weighted by Crippen LogP contribution is -2.31. The number of aryl methyl sites for hydroxylation is 2. The molecule has 1 aliphatic rings. The van der Waals surface area contributed by atoms with Gasteiger partial charge in [-0.3, -0.25) is 4.68 Å². The molecule has 31 heavy (non-hydrogen) atoms. The number of rotatable bonds is 9. The third-order valence-electron chi connectivity index (χ3n) is 4.89. The SMILES string of the molecule is CCc1nn(CC)c(-c2cnc(NC(C)(C)CC3CC3)cc2OC(F)F)c1Cl.O=C=O. The van der Waals surface area contributed by atoms with E-state index >= 15 is 0 Å². The summed E-state index contributed by atoms with van der Waals surface area (Å²) in [7, 11) is 0. The summed E-state index contributed by atoms with van der Waals surface area (Å²) in [5.41, 5.74) is 1.49. The number of nitrogens with zero attached hydrogens (tertiary/aromatic N) is 3. The van der Waals surface area contributed by atoms with Crippen LogP contribution < -0.4 is 10.1 Å². The van der Waals surface area contributed by atoms with E-state index in [1.54, 1.807) is 4.68 Å². The monoisotopic (exact) mass is 456 g/mol. The van der Waals surface area contributed by atoms with Crippen molar-refractivity contribution in [1.29, 1.82) is 0 Å². The first kappa shape index (κ1) is 24.8. The number of alkyl halides is 2. The summed E-state index contributed by atoms with van der Waals surface area (Å²) in [5.74, 6) is 1.26. The molecule has 2 heterocycles. The average molecular weight is 457 g/mol. The molecule has 2 aromatic heterocycles. The zero-order valence-corrected chi connectivity index (χ0v) is 18.8. The van der Waals surface area contributed by atoms with Crippen molar-refractivity contribution in [3.05, 3.63) is 23.0 Å². The third-order valence-corrected chi connectivity index (χ3v) is 5.29. The van der Waals surface area contributed by atoms with Crippen LogP contribution in [0.1, 0.15) is 52.7 Å². The fraction of sp³-hybridized carbons (Fsp3) is 0.571. The van der Waals surface area contributed by atoms with Crippen LogP contribution in [0.15, 0.2) is 12.3 Å². The standard InChI is InChI=1S/C20H27ClF2N4O.CO2/c1-5-14-17(21)18(27(6-2)26-14)13-11-24-16(9-15(13)28-19(22)23)25-20(3,4)10-12-7-8-12;2-1-3/h9,11-12,19H,5-8,10H2,1-4H3,(H,24,25);. The van der Waals surface area contributed by atoms with Crippen LogP contribution in [0.3, 0.4) is 0 Å². The maximum absolute atomic E-state index is 13.1. The van der Waals surface area contributed by atoms with Crippen LogP contribution in [-0.2, 0) is 22.6 Å². The normalized spacial score (nSPS) is 13.4. The highest BCUT2D eigenvalue weighted by atomic mass is 35.5. The first-order valence-corrected chi connectivity index (χ1v) is 10.5. The van der Waals surface area contributed by atoms with Gasteiger partial charge < -0.3 is 10.1 Å². The van der Waals surface area contributed by atoms with E-state index in [0.29, 0.717) is 40.8 Å². The topological polar surface area (TPSA) is 86.1 Å². The van der Waals surface area contributed by atoms with E-state index in [2.05, 4.69) is 29.2 Å². The van der Waals surface area contributed by atoms with Crippen molar-refractivity contribution in [2.24, 2.45) is 5.92 Å². The molecule has 7 nitrogen and oxygen atoms in total. The number of hydrogen-bond acceptors (Lipinski definition) is 6. The number of halogens is 3. The maximum Gasteiger partial charge on any atom is 0.387 e. The van der Waals surface area contributed by atoms with Gasteiger partial charge in [0.1, 0.15) is 11.6 Å². The second-order valence-corrected chi connectivity index (χ2v) is 8.34. The van der Waals surface area contributed by atoms with E-state index < -0.39 is 6.61 Å². The lowest BCUT2D eigenvalue weighted by Gasteiger charge is -2.27. The molecule has 0 amide bonds. The van der Waals surface area contributed by atoms with Gasteiger partial charge in [-0.1, -0.05) is 31.4 Å². The number of carbonyl (C=O) groups excluding carboxylic acids is 2. The van der Waals surface area contributed by atoms with Gasteiger partial charge in [-0.05, 0) is 39.5 Å². The number of pyridine rings is 1. The van der Waals surface area contributed by atoms with Crippen molar-refractivity contribution in [2.45, 2.75) is 72.1 Å². The fourth-order valence-corrected chi connectivity index (χ4v) is 3.89. The second kappa shape index (κ2) is 10.7. The zero-order valence-electron chi connectivity index (χ0n) is 18.0. The Hall–Kier alpha value is -2.51. The average Bonchev–Trinajstić information content (AvgIpc) is 3.42. The predicted molar refractivity (Wildman–Crippen MR) is 112 cm³/mol. The van der Waals surface area contributed by atoms with E-state index in [4.69, 9.17) is 25.9 Å². The minimum atomic E-state index is -2.95. The Morgan fingerprint density at radius 2 is 2.00 bits per heavy atom. The summed E-state index contributed by atoms with van der Waals surface area (Å²) in [6.45, 7) is 5.65. The van der Waals surface area contributed by atoms with Crippen molar-refractivity contribution < 1.29 is 23.1 Å². The fourth-order valence-electron chi connectivity index (χ4n) is 3.52. The third kappa shape index (κ3) is 6.74. The molecule has 170 valence electrons. The molecule has 0 aliphatic heterocycles. The largest absolute Gasteiger partial charge is 0.434 e. The minimum Gasteiger partial charge on any atom is -0.434 e. The Morgan fingerprint density at radius 1 is 1.35 bits per heavy atom. The van der Waals surface area contributed by atoms with E-state index in [1.165, 1.54) is 25.1 Å². The molecule has 0 spiro atoms. The number of ether oxygens (including phenoxy) is 1. The van der Waals surface area contributed by atoms with Gasteiger partial charge in [0, 0.05) is 24.3 Å². The first-order valence-electron chi connectivity index (χ1n) is 10.1. The molecule has 0 aromatic carbocycles. The quantitative estimate of drug-likeness (QED) is 0.558. The molecule has 0 saturated heterocycles. The molecule has 2 aromatic rings. The molecular formula is C21H27ClF2N4O3. The Bertz CT molecular complexity index is 924. The predicted octanol–water partition coefficient (Wildman–Crippen LogP) is 5.19. The van der Waals surface area contributed by atoms with Crippen LogP contribution >= 0.6 is 11.6 Å². The molecule has 0 radical (unpaired) electrons. The van der Waals surface area contributed by atoms with Crippen molar-refractivity contribution in [3.8, 4) is 17.0 Å². The summed E-state index contributed by atoms with van der Waals surface area (Å²) in [4.78, 5) is 20.7. The van der Waals surface area contributed by atoms with Gasteiger partial charge in [-0.2, -0.15) is 23.5 Å². The van der Waals surface area contributed by atoms with Crippen molar-refractivity contribution >= 4 is 23.6 Å². The lowest BCUT2D eigenvalue weighted by atomic mass is 9.97. The lowest BCUT2D eigenvalue weighted by molar-refractivity contribution is -0.191. The molecule has 0 unspecified atom stereocenters. The van der Waals surface area contributed by atoms with Crippen LogP contribution in [0.5, 0.6) is 5.75 Å². The van der Waals surface area contributed by atoms with Gasteiger partial charge in [0.2, 0.25) is 0 Å². The Labute approximate surface area is 185 Å². The van der Waals surface area contributed by atoms with Gasteiger partial charge in [-0.15, -0.1) is 0 Å². The molecule has 10 heteroatoms. The summed E-state index contributed by atoms with van der Waals surface area (Å²) in [6.07, 6.45) is 5.93. The van der Waals surface area contributed by atoms with E-state index in [9.17, 15) is 8.78 Å². The number of aromatic nitrogens is 3. The highest BCUT2D eigenvalue weighted by Crippen LogP contribution is 2.40. The molecular weight excluding hydrogens is 430 g/mol. The second-order valence-electron chi connectivity index (χ2n) is 7.96. The van der Waals surface area contributed by atoms with Crippen LogP contribution in [0.2, 0.25) is 5.02 Å². The molecule has 1 saturated carbocycles. The van der Waals surface area contributed by atoms with Crippen LogP contribution in [0.4, 0.5) is 14.6 Å². The summed E-state index contributed by atoms with van der Waals surface area (Å²) in [6, 6.07) is 1.52. The summed E-state index contributed by atoms with van der Waals surface area (Å²) in [5, 5.41) is 8.26. The van der Waals surface area contributed by atoms with Gasteiger partial charge in [0.05, 0.1) is 22.0 Å². The van der Waals surface area contributed by atoms with Gasteiger partial charge >= 0.3 is 12.8 Å². The number of anilines is 1. The highest BCUT2D eigenvalue weighted by molar-refractivity contribution is 6.33. The maximum atomic E-state index is 13.1. The summed E-state index contributed by atoms with van der Waals surface area (Å²) >= 11 is 6.49. The van der Waals surface area contributed by atoms with Gasteiger partial charge in [0.15, 0.2) is 0 Å². The van der Waals surface area contributed by atoms with Crippen LogP contribution in [-0.4, -0.2) is 33.1 Å². The molecule has 1 fully saturated rings. The van der Waals surface area contributed by atoms with Crippen molar-refractivity contribution in [1.82, 2.24) is 14.8 Å². The van der Waals surface area contributed by atoms with E-state index in [-0.39, 0.29) is 17.4 Å². The smallest absolute Gasteiger partial charge is 0.387 e. The Kier molecular flexibility index (Phi) is 8.53. The molecule has 3 rings (SSSR count). The van der Waals surface area contributed by atoms with Crippen molar-refractivity contribution in [3.63, 3.8) is 0 Å². The highest BCUT2D eigenvalue weighted by Gasteiger charge is 2.30. The van der Waals surface area contributed by atoms with Crippen molar-refractivity contribution in [2.75, 3.05) is 5.32 Å². The van der Waals surface area contributed by atoms with Crippen LogP contribution in [0, 0.1) is 5.92 Å². The Morgan fingerprint density at radius 3 is 2.52 bits per heavy atom. The molecule has 1 N–H and O–H groups in total. The first-order chi connectivity index (χ1) is 14.6. The van der Waals surface area contributed by atoms with Gasteiger partial charge in [0.25, 0.3) is 0 Å². The van der Waals surface area contributed by atoms with Gasteiger partial charge in [-0.25, -0.2) is 4.98 Å². The molecule has 0 bridgehead atoms. The zero-order chi connectivity index (χ0) is 23.2. The Balaban J connectivity index is 0.00000107. The number of hydrogen-bond donors (Lipinski definition) is 1. The van der Waals surface area contributed by atoms with Crippen LogP contribution in [0.25, 0.3) is 11.3 Å². The number of nitrogens with one attached hydrogen (secondary N) is 1. The van der Waals surface area contributed by atoms with E-state index in [0.717, 1.165) is 12.3 Å².